The van der Waals surface area contributed by atoms with Gasteiger partial charge in [-0.25, -0.2) is 0 Å². The van der Waals surface area contributed by atoms with Crippen molar-refractivity contribution in [2.45, 2.75) is 75.5 Å². The summed E-state index contributed by atoms with van der Waals surface area (Å²) in [6.07, 6.45) is 0. The van der Waals surface area contributed by atoms with Crippen molar-refractivity contribution in [3.63, 3.8) is 0 Å². The van der Waals surface area contributed by atoms with Crippen LogP contribution in [0.3, 0.4) is 0 Å². The van der Waals surface area contributed by atoms with Crippen molar-refractivity contribution in [3.8, 4) is 0 Å². The van der Waals surface area contributed by atoms with Crippen molar-refractivity contribution in [3.05, 3.63) is 263 Å². The van der Waals surface area contributed by atoms with E-state index in [0.717, 1.165) is 55.9 Å². The predicted molar refractivity (Wildman–Crippen MR) is 287 cm³/mol. The number of para-hydroxylation sites is 2. The summed E-state index contributed by atoms with van der Waals surface area (Å²) in [6, 6.07) is 61.1. The Kier molecular flexibility index (Phi) is 17.7. The Morgan fingerprint density at radius 2 is 0.581 bits per heavy atom. The van der Waals surface area contributed by atoms with Crippen LogP contribution in [0.5, 0.6) is 0 Å². The van der Waals surface area contributed by atoms with E-state index in [9.17, 15) is 25.9 Å². The second-order valence-corrected chi connectivity index (χ2v) is 21.3. The summed E-state index contributed by atoms with van der Waals surface area (Å²) in [5.74, 6) is 0. The Morgan fingerprint density at radius 3 is 0.838 bits per heavy atom. The van der Waals surface area contributed by atoms with Crippen LogP contribution in [0.4, 0.5) is 22.7 Å². The third-order valence-electron chi connectivity index (χ3n) is 13.3. The second-order valence-electron chi connectivity index (χ2n) is 18.5. The molecule has 2 fully saturated rings. The zero-order valence-corrected chi connectivity index (χ0v) is 46.1. The molecule has 0 spiro atoms. The molecule has 2 heterocycles. The Bertz CT molecular complexity index is 3170. The van der Waals surface area contributed by atoms with Crippen LogP contribution < -0.4 is 19.6 Å². The molecule has 0 aliphatic carbocycles. The number of aryl methyl sites for hydroxylation is 6. The fourth-order valence-electron chi connectivity index (χ4n) is 10.6. The summed E-state index contributed by atoms with van der Waals surface area (Å²) >= 11 is 0. The number of anilines is 4. The van der Waals surface area contributed by atoms with E-state index in [-0.39, 0.29) is 78.7 Å². The molecule has 2 radical (unpaired) electrons. The molecule has 0 saturated carbocycles. The summed E-state index contributed by atoms with van der Waals surface area (Å²) in [6.45, 7) is 19.6. The van der Waals surface area contributed by atoms with Crippen molar-refractivity contribution in [2.24, 2.45) is 0 Å². The first-order chi connectivity index (χ1) is 34.5. The molecule has 0 bridgehead atoms. The first-order valence-electron chi connectivity index (χ1n) is 23.7. The molecule has 8 aromatic rings. The second kappa shape index (κ2) is 23.4. The SMILES string of the molecule is Cc1cc(C)c(N2[C-]N(c3ccccc3S(=O)(=O)O)[C@@H](c3ccccc3)[C@@H]2c2ccccc2)c(C)c1.Cc1cc(C)c(N2[C-]N(c3ccccc3S(=O)(=O)O)[C@@H](c3ccccc3)[C@@H]2c2ccccc2)c(C)c1.[Ag+].[Ag+]. The molecule has 2 aliphatic heterocycles. The Balaban J connectivity index is 0.000000211. The van der Waals surface area contributed by atoms with E-state index in [0.29, 0.717) is 11.4 Å². The van der Waals surface area contributed by atoms with Crippen LogP contribution in [0.2, 0.25) is 0 Å². The average molecular weight is 1210 g/mol. The average Bonchev–Trinajstić information content (AvgIpc) is 3.94. The molecule has 386 valence electrons. The van der Waals surface area contributed by atoms with E-state index in [1.54, 1.807) is 36.4 Å². The predicted octanol–water partition coefficient (Wildman–Crippen LogP) is 13.3. The molecule has 74 heavy (non-hydrogen) atoms. The molecule has 2 aliphatic rings. The molecule has 8 aromatic carbocycles. The van der Waals surface area contributed by atoms with Gasteiger partial charge in [0.1, 0.15) is 9.79 Å². The van der Waals surface area contributed by atoms with Crippen molar-refractivity contribution in [1.29, 1.82) is 0 Å². The van der Waals surface area contributed by atoms with Gasteiger partial charge in [0.2, 0.25) is 0 Å². The molecule has 14 heteroatoms. The minimum atomic E-state index is -4.46. The standard InChI is InChI=1S/2C30H28N2O3S.2Ag/c2*1-21-18-22(2)28(23(3)19-21)32-20-31(26-16-10-11-17-27(26)36(33,34)35)29(24-12-6-4-7-13-24)30(32)25-14-8-5-9-15-25;;/h2*4-19,29-30H,1-3H3,(H,33,34,35);;/q2*-1;2*+1/t2*29-,30-;;/m00../s1. The molecule has 0 amide bonds. The number of nitrogens with zero attached hydrogens (tertiary/aromatic N) is 4. The minimum Gasteiger partial charge on any atom is -0.520 e. The molecule has 2 N–H and O–H groups in total. The first-order valence-corrected chi connectivity index (χ1v) is 26.6. The third kappa shape index (κ3) is 11.6. The zero-order valence-electron chi connectivity index (χ0n) is 41.5. The summed E-state index contributed by atoms with van der Waals surface area (Å²) in [7, 11) is -8.93. The largest absolute Gasteiger partial charge is 1.00 e. The number of rotatable bonds is 10. The van der Waals surface area contributed by atoms with Gasteiger partial charge in [-0.2, -0.15) is 16.8 Å². The number of hydrogen-bond acceptors (Lipinski definition) is 8. The zero-order chi connectivity index (χ0) is 50.9. The quantitative estimate of drug-likeness (QED) is 0.0778. The van der Waals surface area contributed by atoms with Gasteiger partial charge in [-0.15, -0.1) is 0 Å². The summed E-state index contributed by atoms with van der Waals surface area (Å²) in [5.41, 5.74) is 13.8. The van der Waals surface area contributed by atoms with Gasteiger partial charge in [-0.05, 0) is 110 Å². The van der Waals surface area contributed by atoms with Crippen LogP contribution in [0, 0.1) is 54.9 Å². The molecule has 10 rings (SSSR count). The van der Waals surface area contributed by atoms with Gasteiger partial charge >= 0.3 is 44.8 Å². The maximum Gasteiger partial charge on any atom is 1.00 e. The summed E-state index contributed by atoms with van der Waals surface area (Å²) < 4.78 is 69.7. The summed E-state index contributed by atoms with van der Waals surface area (Å²) in [5, 5.41) is 0. The van der Waals surface area contributed by atoms with Gasteiger partial charge < -0.3 is 19.6 Å². The van der Waals surface area contributed by atoms with Gasteiger partial charge in [-0.3, -0.25) is 22.4 Å². The molecular formula is C60H56Ag2N4O6S2. The van der Waals surface area contributed by atoms with Gasteiger partial charge in [0.15, 0.2) is 0 Å². The normalized spacial score (nSPS) is 17.5. The van der Waals surface area contributed by atoms with E-state index >= 15 is 0 Å². The smallest absolute Gasteiger partial charge is 0.520 e. The topological polar surface area (TPSA) is 122 Å². The first kappa shape index (κ1) is 56.0. The number of hydrogen-bond donors (Lipinski definition) is 2. The van der Waals surface area contributed by atoms with Gasteiger partial charge in [0, 0.05) is 46.9 Å². The van der Waals surface area contributed by atoms with E-state index < -0.39 is 20.2 Å². The molecule has 0 aromatic heterocycles. The maximum absolute atomic E-state index is 12.4. The molecule has 0 unspecified atom stereocenters. The van der Waals surface area contributed by atoms with Crippen molar-refractivity contribution in [1.82, 2.24) is 0 Å². The van der Waals surface area contributed by atoms with Crippen LogP contribution in [-0.2, 0) is 65.0 Å². The van der Waals surface area contributed by atoms with Crippen molar-refractivity contribution in [2.75, 3.05) is 19.6 Å². The van der Waals surface area contributed by atoms with Gasteiger partial charge in [-0.1, -0.05) is 181 Å². The van der Waals surface area contributed by atoms with E-state index in [1.807, 2.05) is 107 Å². The Morgan fingerprint density at radius 1 is 0.351 bits per heavy atom. The van der Waals surface area contributed by atoms with Crippen LogP contribution in [-0.4, -0.2) is 25.9 Å². The summed E-state index contributed by atoms with van der Waals surface area (Å²) in [4.78, 5) is 7.66. The van der Waals surface area contributed by atoms with E-state index in [4.69, 9.17) is 0 Å². The fourth-order valence-corrected chi connectivity index (χ4v) is 12.0. The fraction of sp³-hybridized carbons (Fsp3) is 0.167. The van der Waals surface area contributed by atoms with Crippen LogP contribution in [0.25, 0.3) is 0 Å². The molecule has 4 atom stereocenters. The van der Waals surface area contributed by atoms with E-state index in [2.05, 4.69) is 113 Å². The van der Waals surface area contributed by atoms with Crippen molar-refractivity contribution >= 4 is 43.0 Å². The monoisotopic (exact) mass is 1210 g/mol. The Labute approximate surface area is 468 Å². The van der Waals surface area contributed by atoms with Gasteiger partial charge in [0.05, 0.1) is 0 Å². The van der Waals surface area contributed by atoms with Crippen LogP contribution >= 0.6 is 0 Å². The maximum atomic E-state index is 12.4. The third-order valence-corrected chi connectivity index (χ3v) is 15.1. The molecular weight excluding hydrogens is 1150 g/mol. The Hall–Kier alpha value is -5.74. The van der Waals surface area contributed by atoms with Crippen molar-refractivity contribution < 1.29 is 70.7 Å². The minimum absolute atomic E-state index is 0. The molecule has 2 saturated heterocycles. The number of benzene rings is 8. The van der Waals surface area contributed by atoms with Crippen LogP contribution in [0.15, 0.2) is 204 Å². The molecule has 10 nitrogen and oxygen atoms in total. The van der Waals surface area contributed by atoms with Gasteiger partial charge in [0.25, 0.3) is 20.2 Å². The van der Waals surface area contributed by atoms with E-state index in [1.165, 1.54) is 23.3 Å². The van der Waals surface area contributed by atoms with Crippen LogP contribution in [0.1, 0.15) is 79.8 Å².